The minimum Gasteiger partial charge on any atom is -0.406 e. The van der Waals surface area contributed by atoms with Crippen LogP contribution in [-0.4, -0.2) is 45.9 Å². The lowest BCUT2D eigenvalue weighted by Crippen LogP contribution is -2.56. The monoisotopic (exact) mass is 511 g/mol. The van der Waals surface area contributed by atoms with Gasteiger partial charge in [-0.15, -0.1) is 13.2 Å². The molecule has 1 amide bonds. The van der Waals surface area contributed by atoms with Crippen LogP contribution in [-0.2, 0) is 17.9 Å². The summed E-state index contributed by atoms with van der Waals surface area (Å²) < 4.78 is 44.2. The molecule has 0 bridgehead atoms. The van der Waals surface area contributed by atoms with Crippen LogP contribution in [0.3, 0.4) is 0 Å². The number of ether oxygens (including phenoxy) is 1. The molecule has 1 unspecified atom stereocenters. The van der Waals surface area contributed by atoms with Crippen molar-refractivity contribution in [2.75, 3.05) is 18.0 Å². The summed E-state index contributed by atoms with van der Waals surface area (Å²) >= 11 is 0. The molecule has 37 heavy (non-hydrogen) atoms. The van der Waals surface area contributed by atoms with Gasteiger partial charge in [-0.2, -0.15) is 5.26 Å². The van der Waals surface area contributed by atoms with E-state index in [1.54, 1.807) is 29.6 Å². The van der Waals surface area contributed by atoms with Gasteiger partial charge in [-0.05, 0) is 36.2 Å². The number of rotatable bonds is 9. The number of anilines is 1. The summed E-state index contributed by atoms with van der Waals surface area (Å²) in [5.41, 5.74) is 2.88. The fraction of sp³-hybridized carbons (Fsp3) is 0.370. The minimum atomic E-state index is -4.80. The number of carbonyl (C=O) groups excluding carboxylic acids is 1. The molecule has 2 aromatic carbocycles. The molecule has 194 valence electrons. The number of imidazole rings is 1. The van der Waals surface area contributed by atoms with Gasteiger partial charge in [0.15, 0.2) is 0 Å². The molecular weight excluding hydrogens is 483 g/mol. The van der Waals surface area contributed by atoms with Crippen LogP contribution in [0, 0.1) is 11.3 Å². The molecule has 1 fully saturated rings. The van der Waals surface area contributed by atoms with Crippen LogP contribution in [0.15, 0.2) is 61.1 Å². The highest BCUT2D eigenvalue weighted by atomic mass is 19.4. The first-order valence-corrected chi connectivity index (χ1v) is 12.1. The number of nitriles is 1. The Labute approximate surface area is 213 Å². The van der Waals surface area contributed by atoms with Crippen molar-refractivity contribution in [1.82, 2.24) is 14.5 Å². The second-order valence-corrected chi connectivity index (χ2v) is 9.08. The zero-order chi connectivity index (χ0) is 26.4. The molecule has 3 aromatic rings. The number of aromatic nitrogens is 2. The Morgan fingerprint density at radius 1 is 1.16 bits per heavy atom. The number of carbonyl (C=O) groups is 1. The second kappa shape index (κ2) is 11.5. The summed E-state index contributed by atoms with van der Waals surface area (Å²) in [6, 6.07) is 15.1. The quantitative estimate of drug-likeness (QED) is 0.399. The number of piperazine rings is 1. The van der Waals surface area contributed by atoms with E-state index in [1.807, 2.05) is 22.8 Å². The highest BCUT2D eigenvalue weighted by Gasteiger charge is 2.34. The number of nitrogens with zero attached hydrogens (tertiary/aromatic N) is 5. The highest BCUT2D eigenvalue weighted by Crippen LogP contribution is 2.29. The SMILES string of the molecule is CCCCC1CN(c2cccc(OC(F)(F)F)c2)C(=O)CN1Cc1cncn1Cc1cccc(C#N)c1. The molecule has 0 saturated carbocycles. The predicted molar refractivity (Wildman–Crippen MR) is 132 cm³/mol. The van der Waals surface area contributed by atoms with Gasteiger partial charge in [0.05, 0.1) is 30.2 Å². The molecule has 0 radical (unpaired) electrons. The molecule has 0 spiro atoms. The van der Waals surface area contributed by atoms with Crippen molar-refractivity contribution < 1.29 is 22.7 Å². The Balaban J connectivity index is 1.51. The maximum absolute atomic E-state index is 13.2. The molecule has 1 saturated heterocycles. The van der Waals surface area contributed by atoms with Gasteiger partial charge < -0.3 is 14.2 Å². The zero-order valence-corrected chi connectivity index (χ0v) is 20.5. The summed E-state index contributed by atoms with van der Waals surface area (Å²) in [5, 5.41) is 9.18. The van der Waals surface area contributed by atoms with E-state index >= 15 is 0 Å². The smallest absolute Gasteiger partial charge is 0.406 e. The van der Waals surface area contributed by atoms with E-state index in [0.717, 1.165) is 30.5 Å². The van der Waals surface area contributed by atoms with Crippen LogP contribution >= 0.6 is 0 Å². The lowest BCUT2D eigenvalue weighted by atomic mass is 10.0. The number of hydrogen-bond donors (Lipinski definition) is 0. The molecular formula is C27H28F3N5O2. The Kier molecular flexibility index (Phi) is 8.14. The molecule has 1 aliphatic rings. The Hall–Kier alpha value is -3.84. The maximum atomic E-state index is 13.2. The Morgan fingerprint density at radius 2 is 1.97 bits per heavy atom. The van der Waals surface area contributed by atoms with Crippen molar-refractivity contribution in [3.63, 3.8) is 0 Å². The van der Waals surface area contributed by atoms with Crippen molar-refractivity contribution in [3.8, 4) is 11.8 Å². The topological polar surface area (TPSA) is 74.4 Å². The fourth-order valence-electron chi connectivity index (χ4n) is 4.58. The van der Waals surface area contributed by atoms with Gasteiger partial charge in [0, 0.05) is 43.6 Å². The van der Waals surface area contributed by atoms with Gasteiger partial charge in [0.2, 0.25) is 5.91 Å². The molecule has 1 aromatic heterocycles. The molecule has 0 aliphatic carbocycles. The summed E-state index contributed by atoms with van der Waals surface area (Å²) in [6.45, 7) is 3.65. The lowest BCUT2D eigenvalue weighted by Gasteiger charge is -2.41. The molecule has 1 aliphatic heterocycles. The normalized spacial score (nSPS) is 16.6. The standard InChI is InChI=1S/C27H28F3N5O2/c1-2-3-8-23-17-35(22-9-5-10-25(12-22)37-27(28,29)30)26(36)18-33(23)16-24-14-32-19-34(24)15-21-7-4-6-20(11-21)13-31/h4-7,9-12,14,19,23H,2-3,8,15-18H2,1H3. The van der Waals surface area contributed by atoms with Gasteiger partial charge in [0.25, 0.3) is 0 Å². The molecule has 0 N–H and O–H groups in total. The van der Waals surface area contributed by atoms with E-state index in [9.17, 15) is 23.2 Å². The summed E-state index contributed by atoms with van der Waals surface area (Å²) in [6.07, 6.45) is 1.50. The van der Waals surface area contributed by atoms with E-state index in [-0.39, 0.29) is 24.2 Å². The van der Waals surface area contributed by atoms with Crippen molar-refractivity contribution in [2.45, 2.75) is 51.7 Å². The molecule has 7 nitrogen and oxygen atoms in total. The second-order valence-electron chi connectivity index (χ2n) is 9.08. The van der Waals surface area contributed by atoms with E-state index in [1.165, 1.54) is 18.2 Å². The van der Waals surface area contributed by atoms with Crippen molar-refractivity contribution in [3.05, 3.63) is 77.9 Å². The zero-order valence-electron chi connectivity index (χ0n) is 20.5. The summed E-state index contributed by atoms with van der Waals surface area (Å²) in [7, 11) is 0. The van der Waals surface area contributed by atoms with E-state index in [2.05, 4.69) is 27.6 Å². The van der Waals surface area contributed by atoms with Gasteiger partial charge in [0.1, 0.15) is 5.75 Å². The number of alkyl halides is 3. The van der Waals surface area contributed by atoms with Crippen LogP contribution in [0.2, 0.25) is 0 Å². The van der Waals surface area contributed by atoms with Crippen molar-refractivity contribution in [2.24, 2.45) is 0 Å². The Bertz CT molecular complexity index is 1270. The predicted octanol–water partition coefficient (Wildman–Crippen LogP) is 5.11. The van der Waals surface area contributed by atoms with E-state index in [4.69, 9.17) is 0 Å². The van der Waals surface area contributed by atoms with Crippen LogP contribution in [0.25, 0.3) is 0 Å². The number of unbranched alkanes of at least 4 members (excludes halogenated alkanes) is 1. The lowest BCUT2D eigenvalue weighted by molar-refractivity contribution is -0.274. The van der Waals surface area contributed by atoms with E-state index in [0.29, 0.717) is 30.9 Å². The van der Waals surface area contributed by atoms with Crippen LogP contribution in [0.4, 0.5) is 18.9 Å². The van der Waals surface area contributed by atoms with Gasteiger partial charge in [-0.1, -0.05) is 38.0 Å². The largest absolute Gasteiger partial charge is 0.573 e. The van der Waals surface area contributed by atoms with Gasteiger partial charge in [-0.25, -0.2) is 4.98 Å². The number of amides is 1. The average Bonchev–Trinajstić information content (AvgIpc) is 3.29. The highest BCUT2D eigenvalue weighted by molar-refractivity contribution is 5.95. The van der Waals surface area contributed by atoms with Gasteiger partial charge in [-0.3, -0.25) is 9.69 Å². The molecule has 2 heterocycles. The van der Waals surface area contributed by atoms with Crippen LogP contribution in [0.5, 0.6) is 5.75 Å². The average molecular weight is 512 g/mol. The molecule has 4 rings (SSSR count). The Morgan fingerprint density at radius 3 is 2.73 bits per heavy atom. The third-order valence-corrected chi connectivity index (χ3v) is 6.38. The molecule has 1 atom stereocenters. The minimum absolute atomic E-state index is 0.0232. The third-order valence-electron chi connectivity index (χ3n) is 6.38. The molecule has 10 heteroatoms. The summed E-state index contributed by atoms with van der Waals surface area (Å²) in [5.74, 6) is -0.542. The van der Waals surface area contributed by atoms with Gasteiger partial charge >= 0.3 is 6.36 Å². The number of benzene rings is 2. The first kappa shape index (κ1) is 26.2. The van der Waals surface area contributed by atoms with Crippen molar-refractivity contribution >= 4 is 11.6 Å². The van der Waals surface area contributed by atoms with Crippen LogP contribution in [0.1, 0.15) is 43.0 Å². The summed E-state index contributed by atoms with van der Waals surface area (Å²) in [4.78, 5) is 21.1. The van der Waals surface area contributed by atoms with E-state index < -0.39 is 6.36 Å². The van der Waals surface area contributed by atoms with Crippen LogP contribution < -0.4 is 9.64 Å². The number of hydrogen-bond acceptors (Lipinski definition) is 5. The first-order chi connectivity index (χ1) is 17.8. The first-order valence-electron chi connectivity index (χ1n) is 12.1. The number of halogens is 3. The maximum Gasteiger partial charge on any atom is 0.573 e. The fourth-order valence-corrected chi connectivity index (χ4v) is 4.58. The van der Waals surface area contributed by atoms with Crippen molar-refractivity contribution in [1.29, 1.82) is 5.26 Å². The third kappa shape index (κ3) is 6.89.